The zero-order valence-electron chi connectivity index (χ0n) is 15.0. The number of allylic oxidation sites excluding steroid dienone is 1. The maximum absolute atomic E-state index is 12.9. The second-order valence-electron chi connectivity index (χ2n) is 6.97. The van der Waals surface area contributed by atoms with Crippen LogP contribution in [0.15, 0.2) is 36.4 Å². The number of fused-ring (bicyclic) bond motifs is 1. The summed E-state index contributed by atoms with van der Waals surface area (Å²) in [7, 11) is 0. The minimum absolute atomic E-state index is 0.270. The Balaban J connectivity index is 1.94. The number of hydrogen-bond acceptors (Lipinski definition) is 1. The SMILES string of the molecule is C/C=C/c1ccc2cc(C3CCC(CC)CC3)ccc2c1OC(F)F. The lowest BCUT2D eigenvalue weighted by atomic mass is 9.77. The molecule has 0 radical (unpaired) electrons. The van der Waals surface area contributed by atoms with Gasteiger partial charge in [0.1, 0.15) is 5.75 Å². The van der Waals surface area contributed by atoms with Crippen molar-refractivity contribution in [3.63, 3.8) is 0 Å². The Morgan fingerprint density at radius 2 is 1.88 bits per heavy atom. The Morgan fingerprint density at radius 3 is 2.52 bits per heavy atom. The van der Waals surface area contributed by atoms with Crippen LogP contribution in [0.1, 0.15) is 63.0 Å². The van der Waals surface area contributed by atoms with E-state index < -0.39 is 6.61 Å². The van der Waals surface area contributed by atoms with E-state index in [1.807, 2.05) is 31.2 Å². The Bertz CT molecular complexity index is 743. The van der Waals surface area contributed by atoms with Gasteiger partial charge in [0.25, 0.3) is 0 Å². The predicted molar refractivity (Wildman–Crippen MR) is 100 cm³/mol. The van der Waals surface area contributed by atoms with Crippen LogP contribution in [0, 0.1) is 5.92 Å². The first kappa shape index (κ1) is 17.9. The first-order chi connectivity index (χ1) is 12.1. The lowest BCUT2D eigenvalue weighted by Gasteiger charge is -2.28. The van der Waals surface area contributed by atoms with Gasteiger partial charge in [-0.15, -0.1) is 0 Å². The second-order valence-corrected chi connectivity index (χ2v) is 6.97. The van der Waals surface area contributed by atoms with E-state index in [1.54, 1.807) is 6.08 Å². The maximum Gasteiger partial charge on any atom is 0.387 e. The Labute approximate surface area is 148 Å². The van der Waals surface area contributed by atoms with Crippen LogP contribution < -0.4 is 4.74 Å². The summed E-state index contributed by atoms with van der Waals surface area (Å²) in [5.74, 6) is 1.72. The molecule has 0 spiro atoms. The minimum atomic E-state index is -2.82. The highest BCUT2D eigenvalue weighted by Crippen LogP contribution is 2.39. The van der Waals surface area contributed by atoms with Gasteiger partial charge in [0.05, 0.1) is 0 Å². The number of benzene rings is 2. The fraction of sp³-hybridized carbons (Fsp3) is 0.455. The van der Waals surface area contributed by atoms with Crippen LogP contribution in [0.3, 0.4) is 0 Å². The lowest BCUT2D eigenvalue weighted by Crippen LogP contribution is -2.12. The van der Waals surface area contributed by atoms with Crippen molar-refractivity contribution in [2.75, 3.05) is 0 Å². The Morgan fingerprint density at radius 1 is 1.12 bits per heavy atom. The standard InChI is InChI=1S/C22H26F2O/c1-3-5-17-10-11-19-14-18(16-8-6-15(4-2)7-9-16)12-13-20(19)21(17)25-22(23)24/h3,5,10-16,22H,4,6-9H2,1-2H3/b5-3+. The van der Waals surface area contributed by atoms with E-state index in [9.17, 15) is 8.78 Å². The molecule has 134 valence electrons. The molecule has 0 unspecified atom stereocenters. The third-order valence-electron chi connectivity index (χ3n) is 5.47. The van der Waals surface area contributed by atoms with Crippen LogP contribution in [0.4, 0.5) is 8.78 Å². The molecule has 0 saturated heterocycles. The van der Waals surface area contributed by atoms with Gasteiger partial charge in [0, 0.05) is 10.9 Å². The number of ether oxygens (including phenoxy) is 1. The van der Waals surface area contributed by atoms with Crippen LogP contribution in [0.5, 0.6) is 5.75 Å². The van der Waals surface area contributed by atoms with Gasteiger partial charge in [-0.25, -0.2) is 0 Å². The molecule has 0 amide bonds. The molecule has 1 aliphatic rings. The van der Waals surface area contributed by atoms with Crippen molar-refractivity contribution in [1.29, 1.82) is 0 Å². The average molecular weight is 344 g/mol. The van der Waals surface area contributed by atoms with Crippen molar-refractivity contribution in [3.8, 4) is 5.75 Å². The molecule has 1 aliphatic carbocycles. The molecule has 1 saturated carbocycles. The fourth-order valence-electron chi connectivity index (χ4n) is 4.03. The van der Waals surface area contributed by atoms with Crippen LogP contribution in [-0.4, -0.2) is 6.61 Å². The summed E-state index contributed by atoms with van der Waals surface area (Å²) in [4.78, 5) is 0. The van der Waals surface area contributed by atoms with E-state index in [4.69, 9.17) is 4.74 Å². The van der Waals surface area contributed by atoms with E-state index in [1.165, 1.54) is 37.7 Å². The number of rotatable bonds is 5. The third-order valence-corrected chi connectivity index (χ3v) is 5.47. The molecule has 1 fully saturated rings. The molecule has 25 heavy (non-hydrogen) atoms. The molecular formula is C22H26F2O. The van der Waals surface area contributed by atoms with Crippen molar-refractivity contribution < 1.29 is 13.5 Å². The van der Waals surface area contributed by atoms with Crippen LogP contribution in [0.25, 0.3) is 16.8 Å². The summed E-state index contributed by atoms with van der Waals surface area (Å²) in [6.07, 6.45) is 9.93. The van der Waals surface area contributed by atoms with Gasteiger partial charge in [-0.3, -0.25) is 0 Å². The quantitative estimate of drug-likeness (QED) is 0.559. The molecule has 3 heteroatoms. The van der Waals surface area contributed by atoms with Gasteiger partial charge >= 0.3 is 6.61 Å². The first-order valence-electron chi connectivity index (χ1n) is 9.26. The topological polar surface area (TPSA) is 9.23 Å². The fourth-order valence-corrected chi connectivity index (χ4v) is 4.03. The van der Waals surface area contributed by atoms with Gasteiger partial charge in [-0.2, -0.15) is 8.78 Å². The van der Waals surface area contributed by atoms with Gasteiger partial charge < -0.3 is 4.74 Å². The normalized spacial score (nSPS) is 21.3. The average Bonchev–Trinajstić information content (AvgIpc) is 2.63. The molecule has 0 N–H and O–H groups in total. The van der Waals surface area contributed by atoms with E-state index >= 15 is 0 Å². The largest absolute Gasteiger partial charge is 0.434 e. The van der Waals surface area contributed by atoms with Crippen molar-refractivity contribution in [2.45, 2.75) is 58.5 Å². The summed E-state index contributed by atoms with van der Waals surface area (Å²) < 4.78 is 30.6. The van der Waals surface area contributed by atoms with E-state index in [2.05, 4.69) is 19.1 Å². The molecule has 0 aliphatic heterocycles. The summed E-state index contributed by atoms with van der Waals surface area (Å²) >= 11 is 0. The van der Waals surface area contributed by atoms with Gasteiger partial charge in [-0.05, 0) is 55.4 Å². The smallest absolute Gasteiger partial charge is 0.387 e. The van der Waals surface area contributed by atoms with Crippen LogP contribution in [0.2, 0.25) is 0 Å². The summed E-state index contributed by atoms with van der Waals surface area (Å²) in [6, 6.07) is 10.1. The molecule has 3 rings (SSSR count). The summed E-state index contributed by atoms with van der Waals surface area (Å²) in [5.41, 5.74) is 2.01. The molecule has 1 nitrogen and oxygen atoms in total. The highest BCUT2D eigenvalue weighted by molar-refractivity contribution is 5.92. The van der Waals surface area contributed by atoms with Gasteiger partial charge in [0.2, 0.25) is 0 Å². The predicted octanol–water partition coefficient (Wildman–Crippen LogP) is 7.16. The molecule has 0 atom stereocenters. The molecule has 0 heterocycles. The Kier molecular flexibility index (Phi) is 5.72. The minimum Gasteiger partial charge on any atom is -0.434 e. The van der Waals surface area contributed by atoms with E-state index in [0.717, 1.165) is 16.7 Å². The summed E-state index contributed by atoms with van der Waals surface area (Å²) in [6.45, 7) is 1.32. The molecule has 2 aromatic carbocycles. The van der Waals surface area contributed by atoms with Crippen molar-refractivity contribution in [3.05, 3.63) is 47.5 Å². The maximum atomic E-state index is 12.9. The molecule has 2 aromatic rings. The van der Waals surface area contributed by atoms with Gasteiger partial charge in [0.15, 0.2) is 0 Å². The molecule has 0 aromatic heterocycles. The van der Waals surface area contributed by atoms with Crippen molar-refractivity contribution >= 4 is 16.8 Å². The van der Waals surface area contributed by atoms with Crippen molar-refractivity contribution in [1.82, 2.24) is 0 Å². The second kappa shape index (κ2) is 7.99. The van der Waals surface area contributed by atoms with Crippen LogP contribution >= 0.6 is 0 Å². The Hall–Kier alpha value is -1.90. The van der Waals surface area contributed by atoms with Crippen molar-refractivity contribution in [2.24, 2.45) is 5.92 Å². The van der Waals surface area contributed by atoms with Gasteiger partial charge in [-0.1, -0.05) is 55.8 Å². The third kappa shape index (κ3) is 4.02. The summed E-state index contributed by atoms with van der Waals surface area (Å²) in [5, 5.41) is 1.72. The van der Waals surface area contributed by atoms with Crippen LogP contribution in [-0.2, 0) is 0 Å². The number of alkyl halides is 2. The zero-order chi connectivity index (χ0) is 17.8. The molecule has 0 bridgehead atoms. The van der Waals surface area contributed by atoms with E-state index in [0.29, 0.717) is 11.5 Å². The highest BCUT2D eigenvalue weighted by Gasteiger charge is 2.22. The lowest BCUT2D eigenvalue weighted by molar-refractivity contribution is -0.0489. The highest BCUT2D eigenvalue weighted by atomic mass is 19.3. The number of hydrogen-bond donors (Lipinski definition) is 0. The number of halogens is 2. The zero-order valence-corrected chi connectivity index (χ0v) is 15.0. The monoisotopic (exact) mass is 344 g/mol. The first-order valence-corrected chi connectivity index (χ1v) is 9.26. The molecular weight excluding hydrogens is 318 g/mol. The van der Waals surface area contributed by atoms with E-state index in [-0.39, 0.29) is 5.75 Å².